The smallest absolute Gasteiger partial charge is 0.493 e. The average Bonchev–Trinajstić information content (AvgIpc) is 4.41. The number of cyclic esters (lactones) is 1. The van der Waals surface area contributed by atoms with Gasteiger partial charge >= 0.3 is 24.1 Å². The molecule has 2 N–H and O–H groups in total. The summed E-state index contributed by atoms with van der Waals surface area (Å²) in [5.41, 5.74) is 3.65. The van der Waals surface area contributed by atoms with Crippen LogP contribution < -0.4 is 23.7 Å². The highest BCUT2D eigenvalue weighted by atomic mass is 16.8. The molecule has 6 fully saturated rings. The second-order valence-corrected chi connectivity index (χ2v) is 25.2. The zero-order valence-corrected chi connectivity index (χ0v) is 48.1. The molecule has 81 heavy (non-hydrogen) atoms. The summed E-state index contributed by atoms with van der Waals surface area (Å²) in [5, 5.41) is 22.5. The predicted molar refractivity (Wildman–Crippen MR) is 287 cm³/mol. The Balaban J connectivity index is 0.686. The number of fused-ring (bicyclic) bond motifs is 9. The number of carbonyl (C=O) groups excluding carboxylic acids is 4. The Hall–Kier alpha value is -5.18. The Morgan fingerprint density at radius 1 is 0.802 bits per heavy atom. The fourth-order valence-corrected chi connectivity index (χ4v) is 16.4. The molecule has 0 bridgehead atoms. The fraction of sp³-hybridized carbons (Fsp3) is 0.710. The second kappa shape index (κ2) is 23.5. The molecule has 9 aliphatic rings. The molecule has 4 aliphatic heterocycles. The number of esters is 3. The van der Waals surface area contributed by atoms with Crippen molar-refractivity contribution in [1.29, 1.82) is 0 Å². The van der Waals surface area contributed by atoms with Gasteiger partial charge in [0.1, 0.15) is 30.5 Å². The van der Waals surface area contributed by atoms with Crippen molar-refractivity contribution in [2.75, 3.05) is 41.0 Å². The molecule has 0 spiro atoms. The van der Waals surface area contributed by atoms with E-state index in [1.54, 1.807) is 31.2 Å². The van der Waals surface area contributed by atoms with Gasteiger partial charge in [0.15, 0.2) is 35.6 Å². The van der Waals surface area contributed by atoms with Gasteiger partial charge in [0, 0.05) is 18.3 Å². The number of carbonyl (C=O) groups is 4. The zero-order valence-electron chi connectivity index (χ0n) is 48.1. The standard InChI is InChI=1S/C62H82O19/c1-31(2)10-9-11-32(3)41-14-15-42-37-13-12-35-24-36(18-20-61(35,5)43(37)19-21-62(41,42)6)78-50(64)17-16-49(63)75-30-76-60(68)81-56-46(69-7)22-34(23-47(56)70-8)51-38-25-44-45(74-29-73-44)26-39(38)55(40-27-72-58(67)52(40)51)80-59-54(66)53(65)57-48(79-59)28-71-33(4)77-57/h12,22-23,25-26,31-33,36-37,40-43,48,51-55,57,59,65-66H,9-11,13-21,24,27-30H2,1-8H3/t32-,33+,36+,37+,40-,41-,42+,43+,48+,51+,52-,53+,54?,55+,57+,59-,61+,62-/m1/s1. The molecule has 18 atom stereocenters. The second-order valence-electron chi connectivity index (χ2n) is 25.2. The van der Waals surface area contributed by atoms with Crippen LogP contribution in [-0.4, -0.2) is 118 Å². The Kier molecular flexibility index (Phi) is 16.7. The van der Waals surface area contributed by atoms with Gasteiger partial charge in [-0.3, -0.25) is 14.4 Å². The lowest BCUT2D eigenvalue weighted by Crippen LogP contribution is -2.63. The molecule has 1 unspecified atom stereocenters. The molecule has 11 rings (SSSR count). The molecule has 444 valence electrons. The molecule has 0 radical (unpaired) electrons. The number of aliphatic hydroxyl groups is 2. The lowest BCUT2D eigenvalue weighted by molar-refractivity contribution is -0.364. The minimum absolute atomic E-state index is 0.0389. The average molecular weight is 1130 g/mol. The maximum absolute atomic E-state index is 13.9. The van der Waals surface area contributed by atoms with Crippen molar-refractivity contribution < 1.29 is 91.0 Å². The van der Waals surface area contributed by atoms with Gasteiger partial charge in [0.2, 0.25) is 19.3 Å². The Bertz CT molecular complexity index is 2680. The summed E-state index contributed by atoms with van der Waals surface area (Å²) in [5.74, 6) is 1.25. The van der Waals surface area contributed by atoms with Gasteiger partial charge in [0.05, 0.1) is 52.3 Å². The molecule has 3 saturated carbocycles. The highest BCUT2D eigenvalue weighted by Crippen LogP contribution is 2.68. The van der Waals surface area contributed by atoms with Crippen molar-refractivity contribution in [2.24, 2.45) is 58.2 Å². The Morgan fingerprint density at radius 2 is 1.54 bits per heavy atom. The molecule has 19 nitrogen and oxygen atoms in total. The van der Waals surface area contributed by atoms with Crippen LogP contribution in [-0.2, 0) is 52.3 Å². The first kappa shape index (κ1) is 57.6. The monoisotopic (exact) mass is 1130 g/mol. The lowest BCUT2D eigenvalue weighted by Gasteiger charge is -2.58. The SMILES string of the molecule is COc1cc([C@H]2c3cc4c(cc3[C@H](O[C@H]3O[C@H]5CO[C@H](C)O[C@@H]5[C@@H](O)C3O)[C@@H]3COC(=O)[C@@H]23)OCO4)cc(OC)c1OC(=O)OCOC(=O)CCC(=O)O[C@H]1CC[C@@]2(C)C(=CC[C@H]3[C@@H]4CC[C@H]([C@H](C)CCCC(C)C)[C@@]4(C)CC[C@@H]32)C1. The van der Waals surface area contributed by atoms with Crippen molar-refractivity contribution in [2.45, 2.75) is 180 Å². The normalized spacial score (nSPS) is 36.5. The third kappa shape index (κ3) is 11.0. The van der Waals surface area contributed by atoms with Crippen LogP contribution in [0, 0.1) is 58.2 Å². The number of hydrogen-bond donors (Lipinski definition) is 2. The van der Waals surface area contributed by atoms with E-state index in [9.17, 15) is 29.4 Å². The van der Waals surface area contributed by atoms with Crippen molar-refractivity contribution in [1.82, 2.24) is 0 Å². The maximum atomic E-state index is 13.9. The van der Waals surface area contributed by atoms with E-state index in [-0.39, 0.29) is 61.6 Å². The van der Waals surface area contributed by atoms with Crippen LogP contribution in [0.15, 0.2) is 35.9 Å². The summed E-state index contributed by atoms with van der Waals surface area (Å²) in [4.78, 5) is 53.0. The summed E-state index contributed by atoms with van der Waals surface area (Å²) in [6.07, 6.45) is 6.08. The van der Waals surface area contributed by atoms with E-state index >= 15 is 0 Å². The van der Waals surface area contributed by atoms with Gasteiger partial charge < -0.3 is 71.8 Å². The summed E-state index contributed by atoms with van der Waals surface area (Å²) < 4.78 is 74.8. The number of hydrogen-bond acceptors (Lipinski definition) is 19. The van der Waals surface area contributed by atoms with Crippen LogP contribution in [0.2, 0.25) is 0 Å². The van der Waals surface area contributed by atoms with E-state index in [1.165, 1.54) is 64.7 Å². The number of benzene rings is 2. The molecule has 0 aromatic heterocycles. The lowest BCUT2D eigenvalue weighted by atomic mass is 9.47. The van der Waals surface area contributed by atoms with Crippen molar-refractivity contribution in [3.8, 4) is 28.7 Å². The summed E-state index contributed by atoms with van der Waals surface area (Å²) in [6.45, 7) is 13.2. The van der Waals surface area contributed by atoms with Crippen molar-refractivity contribution >= 4 is 24.1 Å². The topological polar surface area (TPSA) is 229 Å². The predicted octanol–water partition coefficient (Wildman–Crippen LogP) is 9.38. The number of rotatable bonds is 17. The molecule has 2 aromatic rings. The van der Waals surface area contributed by atoms with Crippen LogP contribution in [0.25, 0.3) is 0 Å². The first-order valence-electron chi connectivity index (χ1n) is 29.6. The van der Waals surface area contributed by atoms with Crippen molar-refractivity contribution in [3.05, 3.63) is 52.6 Å². The fourth-order valence-electron chi connectivity index (χ4n) is 16.4. The zero-order chi connectivity index (χ0) is 57.1. The van der Waals surface area contributed by atoms with E-state index in [0.29, 0.717) is 45.4 Å². The first-order chi connectivity index (χ1) is 38.9. The van der Waals surface area contributed by atoms with E-state index in [4.69, 9.17) is 61.6 Å². The van der Waals surface area contributed by atoms with Gasteiger partial charge in [-0.15, -0.1) is 0 Å². The van der Waals surface area contributed by atoms with Crippen LogP contribution >= 0.6 is 0 Å². The summed E-state index contributed by atoms with van der Waals surface area (Å²) >= 11 is 0. The largest absolute Gasteiger partial charge is 0.517 e. The number of aliphatic hydroxyl groups excluding tert-OH is 2. The van der Waals surface area contributed by atoms with Crippen molar-refractivity contribution in [3.63, 3.8) is 0 Å². The van der Waals surface area contributed by atoms with Gasteiger partial charge in [-0.2, -0.15) is 0 Å². The van der Waals surface area contributed by atoms with E-state index in [0.717, 1.165) is 49.4 Å². The van der Waals surface area contributed by atoms with E-state index in [1.807, 2.05) is 0 Å². The maximum Gasteiger partial charge on any atom is 0.517 e. The highest BCUT2D eigenvalue weighted by Gasteiger charge is 2.60. The minimum Gasteiger partial charge on any atom is -0.493 e. The summed E-state index contributed by atoms with van der Waals surface area (Å²) in [6, 6.07) is 6.71. The molecular weight excluding hydrogens is 1050 g/mol. The molecular formula is C62H82O19. The third-order valence-corrected chi connectivity index (χ3v) is 20.4. The van der Waals surface area contributed by atoms with Crippen LogP contribution in [0.3, 0.4) is 0 Å². The number of ether oxygens (including phenoxy) is 13. The van der Waals surface area contributed by atoms with Crippen LogP contribution in [0.5, 0.6) is 28.7 Å². The van der Waals surface area contributed by atoms with E-state index < -0.39 is 91.7 Å². The Morgan fingerprint density at radius 3 is 2.28 bits per heavy atom. The van der Waals surface area contributed by atoms with Crippen LogP contribution in [0.1, 0.15) is 154 Å². The van der Waals surface area contributed by atoms with Gasteiger partial charge in [-0.25, -0.2) is 4.79 Å². The molecule has 4 heterocycles. The first-order valence-corrected chi connectivity index (χ1v) is 29.6. The highest BCUT2D eigenvalue weighted by molar-refractivity contribution is 5.80. The third-order valence-electron chi connectivity index (χ3n) is 20.4. The quantitative estimate of drug-likeness (QED) is 0.0494. The van der Waals surface area contributed by atoms with E-state index in [2.05, 4.69) is 40.7 Å². The van der Waals surface area contributed by atoms with Gasteiger partial charge in [-0.05, 0) is 139 Å². The minimum atomic E-state index is -1.52. The number of allylic oxidation sites excluding steroid dienone is 1. The summed E-state index contributed by atoms with van der Waals surface area (Å²) in [7, 11) is 2.73. The molecule has 0 amide bonds. The number of methoxy groups -OCH3 is 2. The molecule has 19 heteroatoms. The molecule has 5 aliphatic carbocycles. The van der Waals surface area contributed by atoms with Crippen LogP contribution in [0.4, 0.5) is 4.79 Å². The van der Waals surface area contributed by atoms with Gasteiger partial charge in [0.25, 0.3) is 0 Å². The molecule has 3 saturated heterocycles. The molecule has 2 aromatic carbocycles. The Labute approximate surface area is 474 Å². The van der Waals surface area contributed by atoms with Gasteiger partial charge in [-0.1, -0.05) is 65.5 Å².